The minimum atomic E-state index is 0.435. The van der Waals surface area contributed by atoms with E-state index in [2.05, 4.69) is 18.8 Å². The molecule has 0 N–H and O–H groups in total. The number of hydrogen-bond acceptors (Lipinski definition) is 3. The van der Waals surface area contributed by atoms with E-state index in [0.29, 0.717) is 19.0 Å². The highest BCUT2D eigenvalue weighted by Gasteiger charge is 2.09. The van der Waals surface area contributed by atoms with Crippen LogP contribution in [0, 0.1) is 13.8 Å². The van der Waals surface area contributed by atoms with Gasteiger partial charge in [0.2, 0.25) is 0 Å². The number of para-hydroxylation sites is 2. The van der Waals surface area contributed by atoms with E-state index in [1.807, 2.05) is 47.0 Å². The van der Waals surface area contributed by atoms with Crippen molar-refractivity contribution in [1.82, 2.24) is 9.55 Å². The number of imidazole rings is 1. The largest absolute Gasteiger partial charge is 0.492 e. The summed E-state index contributed by atoms with van der Waals surface area (Å²) in [4.78, 5) is 15.5. The van der Waals surface area contributed by atoms with E-state index >= 15 is 0 Å². The van der Waals surface area contributed by atoms with E-state index in [1.54, 1.807) is 0 Å². The van der Waals surface area contributed by atoms with Crippen LogP contribution >= 0.6 is 0 Å². The maximum absolute atomic E-state index is 11.2. The third-order valence-electron chi connectivity index (χ3n) is 3.85. The van der Waals surface area contributed by atoms with Crippen LogP contribution in [0.15, 0.2) is 42.5 Å². The summed E-state index contributed by atoms with van der Waals surface area (Å²) >= 11 is 0. The van der Waals surface area contributed by atoms with Crippen molar-refractivity contribution < 1.29 is 9.53 Å². The molecule has 0 unspecified atom stereocenters. The van der Waals surface area contributed by atoms with Crippen LogP contribution in [0.1, 0.15) is 21.7 Å². The van der Waals surface area contributed by atoms with Crippen LogP contribution in [-0.4, -0.2) is 22.4 Å². The minimum Gasteiger partial charge on any atom is -0.492 e. The average Bonchev–Trinajstić information content (AvgIpc) is 2.89. The van der Waals surface area contributed by atoms with Crippen molar-refractivity contribution in [3.8, 4) is 5.75 Å². The molecular formula is C18H18N2O2. The number of benzene rings is 2. The molecule has 4 heteroatoms. The average molecular weight is 294 g/mol. The minimum absolute atomic E-state index is 0.435. The zero-order chi connectivity index (χ0) is 15.5. The summed E-state index contributed by atoms with van der Waals surface area (Å²) in [5, 5.41) is 0. The number of nitrogens with zero attached hydrogens (tertiary/aromatic N) is 2. The number of ether oxygens (including phenoxy) is 1. The fourth-order valence-electron chi connectivity index (χ4n) is 2.48. The molecule has 0 atom stereocenters. The molecule has 0 aliphatic heterocycles. The predicted molar refractivity (Wildman–Crippen MR) is 86.5 cm³/mol. The number of aryl methyl sites for hydroxylation is 2. The molecule has 4 nitrogen and oxygen atoms in total. The fraction of sp³-hybridized carbons (Fsp3) is 0.222. The molecule has 3 rings (SSSR count). The Morgan fingerprint density at radius 1 is 1.14 bits per heavy atom. The Kier molecular flexibility index (Phi) is 3.92. The molecule has 1 aromatic heterocycles. The van der Waals surface area contributed by atoms with Crippen LogP contribution in [0.2, 0.25) is 0 Å². The van der Waals surface area contributed by atoms with Gasteiger partial charge in [0, 0.05) is 0 Å². The summed E-state index contributed by atoms with van der Waals surface area (Å²) in [6, 6.07) is 13.8. The first-order valence-electron chi connectivity index (χ1n) is 7.29. The van der Waals surface area contributed by atoms with Crippen molar-refractivity contribution in [3.63, 3.8) is 0 Å². The predicted octanol–water partition coefficient (Wildman–Crippen LogP) is 3.54. The van der Waals surface area contributed by atoms with Crippen molar-refractivity contribution in [1.29, 1.82) is 0 Å². The first-order valence-corrected chi connectivity index (χ1v) is 7.29. The van der Waals surface area contributed by atoms with Crippen molar-refractivity contribution >= 4 is 17.3 Å². The van der Waals surface area contributed by atoms with E-state index in [0.717, 1.165) is 23.1 Å². The monoisotopic (exact) mass is 294 g/mol. The van der Waals surface area contributed by atoms with Gasteiger partial charge in [-0.2, -0.15) is 0 Å². The molecule has 0 radical (unpaired) electrons. The molecule has 0 saturated carbocycles. The van der Waals surface area contributed by atoms with Gasteiger partial charge in [-0.15, -0.1) is 0 Å². The first-order chi connectivity index (χ1) is 10.7. The SMILES string of the molecule is Cc1ccc(OCCn2c(C=O)nc3ccccc32)cc1C. The van der Waals surface area contributed by atoms with Gasteiger partial charge in [0.05, 0.1) is 17.6 Å². The summed E-state index contributed by atoms with van der Waals surface area (Å²) < 4.78 is 7.69. The van der Waals surface area contributed by atoms with Crippen LogP contribution in [0.5, 0.6) is 5.75 Å². The lowest BCUT2D eigenvalue weighted by Crippen LogP contribution is -2.11. The zero-order valence-electron chi connectivity index (χ0n) is 12.7. The van der Waals surface area contributed by atoms with Crippen molar-refractivity contribution in [2.24, 2.45) is 0 Å². The van der Waals surface area contributed by atoms with Gasteiger partial charge in [0.15, 0.2) is 12.1 Å². The summed E-state index contributed by atoms with van der Waals surface area (Å²) in [5.41, 5.74) is 4.24. The molecule has 0 spiro atoms. The molecule has 0 aliphatic rings. The Morgan fingerprint density at radius 2 is 1.95 bits per heavy atom. The second-order valence-corrected chi connectivity index (χ2v) is 5.32. The number of rotatable bonds is 5. The summed E-state index contributed by atoms with van der Waals surface area (Å²) in [6.45, 7) is 5.22. The molecule has 0 saturated heterocycles. The lowest BCUT2D eigenvalue weighted by Gasteiger charge is -2.10. The molecular weight excluding hydrogens is 276 g/mol. The summed E-state index contributed by atoms with van der Waals surface area (Å²) in [5.74, 6) is 1.28. The van der Waals surface area contributed by atoms with Crippen LogP contribution < -0.4 is 4.74 Å². The number of aromatic nitrogens is 2. The molecule has 112 valence electrons. The third kappa shape index (κ3) is 2.72. The number of carbonyl (C=O) groups excluding carboxylic acids is 1. The molecule has 22 heavy (non-hydrogen) atoms. The van der Waals surface area contributed by atoms with Crippen molar-refractivity contribution in [2.75, 3.05) is 6.61 Å². The highest BCUT2D eigenvalue weighted by Crippen LogP contribution is 2.18. The third-order valence-corrected chi connectivity index (χ3v) is 3.85. The fourth-order valence-corrected chi connectivity index (χ4v) is 2.48. The van der Waals surface area contributed by atoms with E-state index in [1.165, 1.54) is 11.1 Å². The summed E-state index contributed by atoms with van der Waals surface area (Å²) in [7, 11) is 0. The molecule has 2 aromatic carbocycles. The molecule has 0 fully saturated rings. The smallest absolute Gasteiger partial charge is 0.185 e. The van der Waals surface area contributed by atoms with E-state index in [4.69, 9.17) is 4.74 Å². The second kappa shape index (κ2) is 6.02. The Hall–Kier alpha value is -2.62. The van der Waals surface area contributed by atoms with Gasteiger partial charge in [0.25, 0.3) is 0 Å². The van der Waals surface area contributed by atoms with Crippen LogP contribution in [0.3, 0.4) is 0 Å². The second-order valence-electron chi connectivity index (χ2n) is 5.32. The van der Waals surface area contributed by atoms with Crippen molar-refractivity contribution in [2.45, 2.75) is 20.4 Å². The number of fused-ring (bicyclic) bond motifs is 1. The molecule has 0 amide bonds. The zero-order valence-corrected chi connectivity index (χ0v) is 12.7. The number of hydrogen-bond donors (Lipinski definition) is 0. The normalized spacial score (nSPS) is 10.8. The Bertz CT molecular complexity index is 821. The maximum atomic E-state index is 11.2. The first kappa shape index (κ1) is 14.3. The quantitative estimate of drug-likeness (QED) is 0.676. The van der Waals surface area contributed by atoms with Gasteiger partial charge in [-0.05, 0) is 49.2 Å². The Morgan fingerprint density at radius 3 is 2.73 bits per heavy atom. The van der Waals surface area contributed by atoms with E-state index in [-0.39, 0.29) is 0 Å². The highest BCUT2D eigenvalue weighted by atomic mass is 16.5. The van der Waals surface area contributed by atoms with E-state index in [9.17, 15) is 4.79 Å². The molecule has 1 heterocycles. The lowest BCUT2D eigenvalue weighted by molar-refractivity contribution is 0.111. The van der Waals surface area contributed by atoms with Crippen LogP contribution in [0.25, 0.3) is 11.0 Å². The van der Waals surface area contributed by atoms with Crippen LogP contribution in [-0.2, 0) is 6.54 Å². The Labute approximate surface area is 129 Å². The highest BCUT2D eigenvalue weighted by molar-refractivity contribution is 5.82. The van der Waals surface area contributed by atoms with Gasteiger partial charge >= 0.3 is 0 Å². The van der Waals surface area contributed by atoms with Crippen molar-refractivity contribution in [3.05, 3.63) is 59.4 Å². The number of carbonyl (C=O) groups is 1. The number of aldehydes is 1. The Balaban J connectivity index is 1.76. The molecule has 0 aliphatic carbocycles. The van der Waals surface area contributed by atoms with Gasteiger partial charge in [0.1, 0.15) is 12.4 Å². The van der Waals surface area contributed by atoms with Gasteiger partial charge in [-0.1, -0.05) is 18.2 Å². The molecule has 3 aromatic rings. The van der Waals surface area contributed by atoms with Gasteiger partial charge in [-0.25, -0.2) is 4.98 Å². The topological polar surface area (TPSA) is 44.1 Å². The standard InChI is InChI=1S/C18H18N2O2/c1-13-7-8-15(11-14(13)2)22-10-9-20-17-6-4-3-5-16(17)19-18(20)12-21/h3-8,11-12H,9-10H2,1-2H3. The van der Waals surface area contributed by atoms with Gasteiger partial charge < -0.3 is 9.30 Å². The maximum Gasteiger partial charge on any atom is 0.185 e. The lowest BCUT2D eigenvalue weighted by atomic mass is 10.1. The molecule has 0 bridgehead atoms. The van der Waals surface area contributed by atoms with Gasteiger partial charge in [-0.3, -0.25) is 4.79 Å². The summed E-state index contributed by atoms with van der Waals surface area (Å²) in [6.07, 6.45) is 0.788. The van der Waals surface area contributed by atoms with E-state index < -0.39 is 0 Å². The van der Waals surface area contributed by atoms with Crippen LogP contribution in [0.4, 0.5) is 0 Å².